The van der Waals surface area contributed by atoms with Crippen LogP contribution in [0.2, 0.25) is 5.02 Å². The van der Waals surface area contributed by atoms with Crippen LogP contribution < -0.4 is 9.62 Å². The lowest BCUT2D eigenvalue weighted by molar-refractivity contribution is -0.139. The second kappa shape index (κ2) is 12.6. The molecule has 0 saturated heterocycles. The van der Waals surface area contributed by atoms with E-state index < -0.39 is 28.5 Å². The predicted molar refractivity (Wildman–Crippen MR) is 144 cm³/mol. The Morgan fingerprint density at radius 2 is 1.69 bits per heavy atom. The number of rotatable bonds is 10. The third-order valence-corrected chi connectivity index (χ3v) is 8.24. The third-order valence-electron chi connectivity index (χ3n) is 6.73. The summed E-state index contributed by atoms with van der Waals surface area (Å²) in [6, 6.07) is 13.5. The Morgan fingerprint density at radius 3 is 2.28 bits per heavy atom. The van der Waals surface area contributed by atoms with Crippen molar-refractivity contribution in [1.29, 1.82) is 0 Å². The van der Waals surface area contributed by atoms with Gasteiger partial charge in [0.05, 0.1) is 11.9 Å². The average molecular weight is 534 g/mol. The van der Waals surface area contributed by atoms with Gasteiger partial charge >= 0.3 is 0 Å². The number of sulfonamides is 1. The van der Waals surface area contributed by atoms with E-state index >= 15 is 0 Å². The molecule has 2 amide bonds. The molecule has 0 aliphatic heterocycles. The first-order valence-corrected chi connectivity index (χ1v) is 14.7. The van der Waals surface area contributed by atoms with Gasteiger partial charge in [-0.15, -0.1) is 0 Å². The molecule has 0 radical (unpaired) electrons. The van der Waals surface area contributed by atoms with Crippen LogP contribution in [-0.2, 0) is 32.6 Å². The number of hydrogen-bond donors (Lipinski definition) is 1. The summed E-state index contributed by atoms with van der Waals surface area (Å²) in [4.78, 5) is 28.2. The molecule has 7 nitrogen and oxygen atoms in total. The number of halogens is 1. The summed E-state index contributed by atoms with van der Waals surface area (Å²) in [5, 5.41) is 3.56. The second-order valence-corrected chi connectivity index (χ2v) is 11.7. The van der Waals surface area contributed by atoms with Crippen LogP contribution in [0.4, 0.5) is 5.69 Å². The molecule has 1 atom stereocenters. The first-order chi connectivity index (χ1) is 17.1. The Balaban J connectivity index is 1.87. The quantitative estimate of drug-likeness (QED) is 0.486. The molecule has 0 heterocycles. The first-order valence-electron chi connectivity index (χ1n) is 12.5. The molecular weight excluding hydrogens is 498 g/mol. The average Bonchev–Trinajstić information content (AvgIpc) is 2.86. The number of nitrogens with one attached hydrogen (secondary N) is 1. The van der Waals surface area contributed by atoms with E-state index in [1.54, 1.807) is 37.3 Å². The van der Waals surface area contributed by atoms with Gasteiger partial charge < -0.3 is 10.2 Å². The molecule has 1 N–H and O–H groups in total. The molecule has 1 aliphatic carbocycles. The van der Waals surface area contributed by atoms with Crippen LogP contribution in [0, 0.1) is 0 Å². The van der Waals surface area contributed by atoms with Gasteiger partial charge in [0.25, 0.3) is 0 Å². The molecule has 2 aromatic carbocycles. The van der Waals surface area contributed by atoms with E-state index in [1.807, 2.05) is 25.1 Å². The van der Waals surface area contributed by atoms with Gasteiger partial charge in [0.1, 0.15) is 12.6 Å². The maximum absolute atomic E-state index is 13.6. The second-order valence-electron chi connectivity index (χ2n) is 9.42. The van der Waals surface area contributed by atoms with Gasteiger partial charge in [-0.1, -0.05) is 68.1 Å². The Bertz CT molecular complexity index is 1150. The van der Waals surface area contributed by atoms with Crippen LogP contribution in [0.3, 0.4) is 0 Å². The Hall–Kier alpha value is -2.58. The van der Waals surface area contributed by atoms with Crippen molar-refractivity contribution in [1.82, 2.24) is 10.2 Å². The van der Waals surface area contributed by atoms with Crippen molar-refractivity contribution < 1.29 is 18.0 Å². The largest absolute Gasteiger partial charge is 0.352 e. The standard InChI is InChI=1S/C27H36ClN3O4S/c1-4-21-14-16-24(17-15-21)31(36(3,34)35)19-26(32)30(18-22-10-8-9-13-25(22)28)20(2)27(33)29-23-11-6-5-7-12-23/h8-10,13-17,20,23H,4-7,11-12,18-19H2,1-3H3,(H,29,33)/t20-/m1/s1. The molecule has 0 unspecified atom stereocenters. The molecule has 2 aromatic rings. The summed E-state index contributed by atoms with van der Waals surface area (Å²) in [6.45, 7) is 3.35. The number of amides is 2. The number of hydrogen-bond acceptors (Lipinski definition) is 4. The Morgan fingerprint density at radius 1 is 1.06 bits per heavy atom. The summed E-state index contributed by atoms with van der Waals surface area (Å²) in [7, 11) is -3.76. The minimum atomic E-state index is -3.76. The molecule has 1 fully saturated rings. The van der Waals surface area contributed by atoms with Crippen LogP contribution in [0.1, 0.15) is 57.1 Å². The summed E-state index contributed by atoms with van der Waals surface area (Å²) in [5.74, 6) is -0.730. The zero-order valence-corrected chi connectivity index (χ0v) is 22.8. The lowest BCUT2D eigenvalue weighted by Crippen LogP contribution is -2.53. The highest BCUT2D eigenvalue weighted by atomic mass is 35.5. The number of carbonyl (C=O) groups excluding carboxylic acids is 2. The maximum Gasteiger partial charge on any atom is 0.244 e. The summed E-state index contributed by atoms with van der Waals surface area (Å²) in [6.07, 6.45) is 7.05. The highest BCUT2D eigenvalue weighted by Gasteiger charge is 2.31. The molecule has 3 rings (SSSR count). The van der Waals surface area contributed by atoms with E-state index in [1.165, 1.54) is 11.3 Å². The van der Waals surface area contributed by atoms with Crippen LogP contribution in [0.25, 0.3) is 0 Å². The van der Waals surface area contributed by atoms with Gasteiger partial charge in [-0.05, 0) is 55.5 Å². The van der Waals surface area contributed by atoms with Gasteiger partial charge in [0, 0.05) is 17.6 Å². The van der Waals surface area contributed by atoms with E-state index in [9.17, 15) is 18.0 Å². The van der Waals surface area contributed by atoms with Crippen molar-refractivity contribution in [2.45, 2.75) is 71.0 Å². The van der Waals surface area contributed by atoms with Gasteiger partial charge in [-0.2, -0.15) is 0 Å². The Kier molecular flexibility index (Phi) is 9.79. The Labute approximate surface area is 219 Å². The van der Waals surface area contributed by atoms with E-state index in [0.29, 0.717) is 16.3 Å². The van der Waals surface area contributed by atoms with Crippen molar-refractivity contribution in [3.63, 3.8) is 0 Å². The fraction of sp³-hybridized carbons (Fsp3) is 0.481. The molecule has 36 heavy (non-hydrogen) atoms. The lowest BCUT2D eigenvalue weighted by atomic mass is 9.95. The highest BCUT2D eigenvalue weighted by molar-refractivity contribution is 7.92. The number of nitrogens with zero attached hydrogens (tertiary/aromatic N) is 2. The zero-order chi connectivity index (χ0) is 26.3. The topological polar surface area (TPSA) is 86.8 Å². The smallest absolute Gasteiger partial charge is 0.244 e. The molecule has 196 valence electrons. The van der Waals surface area contributed by atoms with Crippen molar-refractivity contribution in [2.24, 2.45) is 0 Å². The van der Waals surface area contributed by atoms with Crippen LogP contribution in [0.15, 0.2) is 48.5 Å². The van der Waals surface area contributed by atoms with Gasteiger partial charge in [-0.3, -0.25) is 13.9 Å². The van der Waals surface area contributed by atoms with E-state index in [-0.39, 0.29) is 18.5 Å². The molecule has 1 saturated carbocycles. The molecule has 0 spiro atoms. The van der Waals surface area contributed by atoms with Gasteiger partial charge in [-0.25, -0.2) is 8.42 Å². The molecule has 1 aliphatic rings. The fourth-order valence-electron chi connectivity index (χ4n) is 4.47. The molecule has 0 bridgehead atoms. The SMILES string of the molecule is CCc1ccc(N(CC(=O)N(Cc2ccccc2Cl)[C@H](C)C(=O)NC2CCCCC2)S(C)(=O)=O)cc1. The zero-order valence-electron chi connectivity index (χ0n) is 21.2. The van der Waals surface area contributed by atoms with Crippen molar-refractivity contribution in [3.05, 3.63) is 64.7 Å². The lowest BCUT2D eigenvalue weighted by Gasteiger charge is -2.33. The van der Waals surface area contributed by atoms with E-state index in [4.69, 9.17) is 11.6 Å². The predicted octanol–water partition coefficient (Wildman–Crippen LogP) is 4.53. The summed E-state index contributed by atoms with van der Waals surface area (Å²) in [5.41, 5.74) is 2.15. The van der Waals surface area contributed by atoms with E-state index in [0.717, 1.165) is 48.2 Å². The minimum Gasteiger partial charge on any atom is -0.352 e. The summed E-state index contributed by atoms with van der Waals surface area (Å²) >= 11 is 6.37. The molecular formula is C27H36ClN3O4S. The third kappa shape index (κ3) is 7.46. The maximum atomic E-state index is 13.6. The summed E-state index contributed by atoms with van der Waals surface area (Å²) < 4.78 is 26.4. The fourth-order valence-corrected chi connectivity index (χ4v) is 5.52. The number of benzene rings is 2. The van der Waals surface area contributed by atoms with Crippen molar-refractivity contribution >= 4 is 39.1 Å². The van der Waals surface area contributed by atoms with Crippen LogP contribution in [0.5, 0.6) is 0 Å². The molecule has 0 aromatic heterocycles. The first kappa shape index (κ1) is 28.0. The van der Waals surface area contributed by atoms with E-state index in [2.05, 4.69) is 5.32 Å². The van der Waals surface area contributed by atoms with Crippen LogP contribution >= 0.6 is 11.6 Å². The van der Waals surface area contributed by atoms with Crippen molar-refractivity contribution in [3.8, 4) is 0 Å². The number of aryl methyl sites for hydroxylation is 1. The van der Waals surface area contributed by atoms with Crippen molar-refractivity contribution in [2.75, 3.05) is 17.1 Å². The highest BCUT2D eigenvalue weighted by Crippen LogP contribution is 2.23. The minimum absolute atomic E-state index is 0.0874. The number of carbonyl (C=O) groups is 2. The van der Waals surface area contributed by atoms with Crippen LogP contribution in [-0.4, -0.2) is 50.0 Å². The van der Waals surface area contributed by atoms with Gasteiger partial charge in [0.15, 0.2) is 0 Å². The van der Waals surface area contributed by atoms with Gasteiger partial charge in [0.2, 0.25) is 21.8 Å². The number of anilines is 1. The normalized spacial score (nSPS) is 15.2. The monoisotopic (exact) mass is 533 g/mol. The molecule has 9 heteroatoms.